The number of hydrogen-bond donors (Lipinski definition) is 1. The molecule has 0 radical (unpaired) electrons. The third-order valence-corrected chi connectivity index (χ3v) is 2.32. The van der Waals surface area contributed by atoms with Crippen molar-refractivity contribution in [1.82, 2.24) is 4.72 Å². The highest BCUT2D eigenvalue weighted by molar-refractivity contribution is 7.90. The van der Waals surface area contributed by atoms with Gasteiger partial charge in [0, 0.05) is 6.54 Å². The number of alkyl halides is 3. The lowest BCUT2D eigenvalue weighted by atomic mass is 10.3. The van der Waals surface area contributed by atoms with Gasteiger partial charge in [0.25, 0.3) is 0 Å². The van der Waals surface area contributed by atoms with Gasteiger partial charge in [-0.25, -0.2) is 13.1 Å². The largest absolute Gasteiger partial charge is 0.511 e. The van der Waals surface area contributed by atoms with Gasteiger partial charge in [-0.2, -0.15) is 13.2 Å². The van der Waals surface area contributed by atoms with E-state index in [9.17, 15) is 21.6 Å². The summed E-state index contributed by atoms with van der Waals surface area (Å²) in [7, 11) is -5.12. The highest BCUT2D eigenvalue weighted by Crippen LogP contribution is 2.21. The zero-order valence-electron chi connectivity index (χ0n) is 8.48. The smallest absolute Gasteiger partial charge is 0.207 e. The molecule has 0 bridgehead atoms. The van der Waals surface area contributed by atoms with Crippen molar-refractivity contribution < 1.29 is 21.6 Å². The topological polar surface area (TPSA) is 46.2 Å². The number of halogens is 3. The van der Waals surface area contributed by atoms with Crippen molar-refractivity contribution in [2.75, 3.05) is 6.54 Å². The lowest BCUT2D eigenvalue weighted by molar-refractivity contribution is -0.0447. The van der Waals surface area contributed by atoms with Crippen LogP contribution in [0.15, 0.2) is 0 Å². The first kappa shape index (κ1) is 16.1. The fourth-order valence-corrected chi connectivity index (χ4v) is 1.04. The number of rotatable bonds is 4. The highest BCUT2D eigenvalue weighted by Gasteiger charge is 2.45. The molecule has 0 spiro atoms. The van der Waals surface area contributed by atoms with E-state index in [2.05, 4.69) is 0 Å². The van der Waals surface area contributed by atoms with Crippen LogP contribution in [-0.4, -0.2) is 20.5 Å². The van der Waals surface area contributed by atoms with Crippen molar-refractivity contribution >= 4 is 10.0 Å². The molecule has 1 N–H and O–H groups in total. The summed E-state index contributed by atoms with van der Waals surface area (Å²) in [5, 5.41) is 0. The standard InChI is InChI=1S/C5H10F3NO2S.C2H6/c1-2-3-4-9-12(10,11)5(6,7)8;1-2/h9H,2-4H2,1H3;1-2H3. The number of hydrogen-bond acceptors (Lipinski definition) is 2. The van der Waals surface area contributed by atoms with Crippen molar-refractivity contribution in [1.29, 1.82) is 0 Å². The number of unbranched alkanes of at least 4 members (excludes halogenated alkanes) is 1. The molecule has 3 nitrogen and oxygen atoms in total. The molecule has 0 amide bonds. The van der Waals surface area contributed by atoms with Crippen LogP contribution in [0.2, 0.25) is 0 Å². The molecule has 0 aliphatic carbocycles. The first-order valence-corrected chi connectivity index (χ1v) is 5.85. The lowest BCUT2D eigenvalue weighted by Gasteiger charge is -2.08. The van der Waals surface area contributed by atoms with Crippen molar-refractivity contribution in [3.8, 4) is 0 Å². The maximum atomic E-state index is 11.6. The molecule has 0 aromatic heterocycles. The van der Waals surface area contributed by atoms with Gasteiger partial charge in [0.05, 0.1) is 0 Å². The summed E-state index contributed by atoms with van der Waals surface area (Å²) in [5.41, 5.74) is -5.19. The second kappa shape index (κ2) is 7.05. The number of nitrogens with one attached hydrogen (secondary N) is 1. The summed E-state index contributed by atoms with van der Waals surface area (Å²) in [6.07, 6.45) is 1.04. The molecule has 14 heavy (non-hydrogen) atoms. The molecular formula is C7H16F3NO2S. The molecule has 7 heteroatoms. The van der Waals surface area contributed by atoms with Gasteiger partial charge in [-0.05, 0) is 6.42 Å². The van der Waals surface area contributed by atoms with E-state index >= 15 is 0 Å². The van der Waals surface area contributed by atoms with Crippen LogP contribution < -0.4 is 4.72 Å². The Labute approximate surface area is 82.7 Å². The molecule has 0 saturated heterocycles. The van der Waals surface area contributed by atoms with Crippen LogP contribution in [0, 0.1) is 0 Å². The maximum Gasteiger partial charge on any atom is 0.511 e. The van der Waals surface area contributed by atoms with E-state index in [0.717, 1.165) is 0 Å². The van der Waals surface area contributed by atoms with Gasteiger partial charge in [0.1, 0.15) is 0 Å². The Bertz CT molecular complexity index is 224. The Morgan fingerprint density at radius 2 is 1.64 bits per heavy atom. The Balaban J connectivity index is 0. The summed E-state index contributed by atoms with van der Waals surface area (Å²) < 4.78 is 56.9. The Kier molecular flexibility index (Phi) is 8.13. The lowest BCUT2D eigenvalue weighted by Crippen LogP contribution is -2.36. The van der Waals surface area contributed by atoms with Crippen LogP contribution in [0.1, 0.15) is 33.6 Å². The molecule has 0 unspecified atom stereocenters. The van der Waals surface area contributed by atoms with Crippen molar-refractivity contribution in [2.24, 2.45) is 0 Å². The molecule has 0 aliphatic heterocycles. The summed E-state index contributed by atoms with van der Waals surface area (Å²) in [5.74, 6) is 0. The monoisotopic (exact) mass is 235 g/mol. The maximum absolute atomic E-state index is 11.6. The fraction of sp³-hybridized carbons (Fsp3) is 1.00. The van der Waals surface area contributed by atoms with Crippen molar-refractivity contribution in [2.45, 2.75) is 39.1 Å². The van der Waals surface area contributed by atoms with Crippen LogP contribution >= 0.6 is 0 Å². The molecule has 0 saturated carbocycles. The first-order valence-electron chi connectivity index (χ1n) is 4.37. The minimum absolute atomic E-state index is 0.168. The van der Waals surface area contributed by atoms with Crippen LogP contribution in [-0.2, 0) is 10.0 Å². The van der Waals surface area contributed by atoms with E-state index in [0.29, 0.717) is 12.8 Å². The Morgan fingerprint density at radius 3 is 1.93 bits per heavy atom. The molecule has 0 heterocycles. The minimum Gasteiger partial charge on any atom is -0.207 e. The summed E-state index contributed by atoms with van der Waals surface area (Å²) >= 11 is 0. The number of sulfonamides is 1. The Hall–Kier alpha value is -0.300. The first-order chi connectivity index (χ1) is 6.31. The van der Waals surface area contributed by atoms with Crippen LogP contribution in [0.25, 0.3) is 0 Å². The van der Waals surface area contributed by atoms with Gasteiger partial charge in [-0.1, -0.05) is 27.2 Å². The highest BCUT2D eigenvalue weighted by atomic mass is 32.2. The van der Waals surface area contributed by atoms with Crippen molar-refractivity contribution in [3.05, 3.63) is 0 Å². The van der Waals surface area contributed by atoms with Gasteiger partial charge in [-0.3, -0.25) is 0 Å². The second-order valence-electron chi connectivity index (χ2n) is 2.20. The van der Waals surface area contributed by atoms with Gasteiger partial charge in [0.15, 0.2) is 0 Å². The van der Waals surface area contributed by atoms with E-state index in [1.807, 2.05) is 13.8 Å². The normalized spacial score (nSPS) is 11.9. The molecule has 0 fully saturated rings. The molecule has 88 valence electrons. The predicted octanol–water partition coefficient (Wildman–Crippen LogP) is 2.25. The predicted molar refractivity (Wildman–Crippen MR) is 49.2 cm³/mol. The van der Waals surface area contributed by atoms with Crippen LogP contribution in [0.5, 0.6) is 0 Å². The minimum atomic E-state index is -5.19. The van der Waals surface area contributed by atoms with E-state index in [-0.39, 0.29) is 6.54 Å². The van der Waals surface area contributed by atoms with Gasteiger partial charge in [-0.15, -0.1) is 0 Å². The summed E-state index contributed by atoms with van der Waals surface area (Å²) in [6.45, 7) is 5.58. The van der Waals surface area contributed by atoms with Gasteiger partial charge < -0.3 is 0 Å². The van der Waals surface area contributed by atoms with E-state index < -0.39 is 15.5 Å². The SMILES string of the molecule is CC.CCCCNS(=O)(=O)C(F)(F)F. The quantitative estimate of drug-likeness (QED) is 0.760. The third-order valence-electron chi connectivity index (χ3n) is 1.13. The third kappa shape index (κ3) is 6.20. The second-order valence-corrected chi connectivity index (χ2v) is 3.96. The van der Waals surface area contributed by atoms with E-state index in [1.165, 1.54) is 4.72 Å². The van der Waals surface area contributed by atoms with Gasteiger partial charge >= 0.3 is 15.5 Å². The average Bonchev–Trinajstić information content (AvgIpc) is 2.06. The molecule has 0 rings (SSSR count). The van der Waals surface area contributed by atoms with Crippen LogP contribution in [0.4, 0.5) is 13.2 Å². The fourth-order valence-electron chi connectivity index (χ4n) is 0.465. The molecule has 0 aromatic rings. The van der Waals surface area contributed by atoms with Crippen molar-refractivity contribution in [3.63, 3.8) is 0 Å². The van der Waals surface area contributed by atoms with E-state index in [4.69, 9.17) is 0 Å². The zero-order chi connectivity index (χ0) is 11.8. The zero-order valence-corrected chi connectivity index (χ0v) is 9.30. The molecule has 0 aliphatic rings. The summed E-state index contributed by atoms with van der Waals surface area (Å²) in [6, 6.07) is 0. The molecule has 0 aromatic carbocycles. The molecule has 0 atom stereocenters. The van der Waals surface area contributed by atoms with Gasteiger partial charge in [0.2, 0.25) is 0 Å². The Morgan fingerprint density at radius 1 is 1.21 bits per heavy atom. The van der Waals surface area contributed by atoms with Crippen LogP contribution in [0.3, 0.4) is 0 Å². The summed E-state index contributed by atoms with van der Waals surface area (Å²) in [4.78, 5) is 0. The average molecular weight is 235 g/mol. The van der Waals surface area contributed by atoms with E-state index in [1.54, 1.807) is 6.92 Å². The molecular weight excluding hydrogens is 219 g/mol.